The Balaban J connectivity index is 1.59. The van der Waals surface area contributed by atoms with Crippen LogP contribution < -0.4 is 10.6 Å². The number of aromatic nitrogens is 2. The highest BCUT2D eigenvalue weighted by atomic mass is 32.2. The zero-order valence-corrected chi connectivity index (χ0v) is 20.9. The van der Waals surface area contributed by atoms with Crippen LogP contribution in [0.1, 0.15) is 16.1 Å². The number of para-hydroxylation sites is 1. The number of nitrogens with zero attached hydrogens (tertiary/aromatic N) is 3. The van der Waals surface area contributed by atoms with Gasteiger partial charge in [-0.3, -0.25) is 19.2 Å². The molecule has 0 saturated carbocycles. The number of aldehydes is 1. The molecule has 0 aliphatic carbocycles. The molecule has 2 heterocycles. The number of anilines is 2. The lowest BCUT2D eigenvalue weighted by Crippen LogP contribution is -2.29. The number of thioether (sulfide) groups is 1. The smallest absolute Gasteiger partial charge is 0.288 e. The van der Waals surface area contributed by atoms with Crippen LogP contribution >= 0.6 is 11.8 Å². The number of halogens is 1. The maximum Gasteiger partial charge on any atom is 0.288 e. The highest BCUT2D eigenvalue weighted by Gasteiger charge is 2.35. The number of nitriles is 1. The molecule has 11 heteroatoms. The molecule has 4 aromatic rings. The van der Waals surface area contributed by atoms with Crippen LogP contribution in [0.2, 0.25) is 0 Å². The highest BCUT2D eigenvalue weighted by Crippen LogP contribution is 2.45. The topological polar surface area (TPSA) is 134 Å². The van der Waals surface area contributed by atoms with Gasteiger partial charge in [-0.05, 0) is 54.6 Å². The molecule has 1 atom stereocenters. The molecule has 1 aromatic heterocycles. The number of ketones is 1. The minimum atomic E-state index is -1.71. The third-order valence-corrected chi connectivity index (χ3v) is 7.06. The van der Waals surface area contributed by atoms with Crippen LogP contribution in [0.25, 0.3) is 16.9 Å². The first-order chi connectivity index (χ1) is 18.9. The molecule has 2 N–H and O–H groups in total. The molecule has 192 valence electrons. The molecule has 0 spiro atoms. The fraction of sp³-hybridized carbons (Fsp3) is 0.0714. The quantitative estimate of drug-likeness (QED) is 0.154. The second-order valence-electron chi connectivity index (χ2n) is 8.45. The number of nitrogens with one attached hydrogen (secondary N) is 2. The Kier molecular flexibility index (Phi) is 7.03. The minimum absolute atomic E-state index is 0.0323. The Morgan fingerprint density at radius 1 is 1.03 bits per heavy atom. The van der Waals surface area contributed by atoms with Gasteiger partial charge in [0.1, 0.15) is 11.5 Å². The van der Waals surface area contributed by atoms with Gasteiger partial charge >= 0.3 is 0 Å². The lowest BCUT2D eigenvalue weighted by atomic mass is 9.97. The number of hydrogen-bond donors (Lipinski definition) is 2. The van der Waals surface area contributed by atoms with Gasteiger partial charge in [0.2, 0.25) is 18.0 Å². The largest absolute Gasteiger partial charge is 0.325 e. The average molecular weight is 540 g/mol. The summed E-state index contributed by atoms with van der Waals surface area (Å²) in [5.74, 6) is -4.31. The summed E-state index contributed by atoms with van der Waals surface area (Å²) in [6.45, 7) is 0. The fourth-order valence-corrected chi connectivity index (χ4v) is 5.23. The van der Waals surface area contributed by atoms with Gasteiger partial charge in [-0.1, -0.05) is 18.2 Å². The maximum absolute atomic E-state index is 13.6. The van der Waals surface area contributed by atoms with Crippen molar-refractivity contribution in [3.8, 4) is 23.0 Å². The summed E-state index contributed by atoms with van der Waals surface area (Å²) in [7, 11) is 0. The minimum Gasteiger partial charge on any atom is -0.325 e. The number of amides is 2. The molecule has 1 aliphatic rings. The molecule has 0 radical (unpaired) electrons. The van der Waals surface area contributed by atoms with E-state index in [9.17, 15) is 28.8 Å². The van der Waals surface area contributed by atoms with E-state index in [4.69, 9.17) is 0 Å². The lowest BCUT2D eigenvalue weighted by molar-refractivity contribution is -0.127. The summed E-state index contributed by atoms with van der Waals surface area (Å²) in [6, 6.07) is 20.9. The van der Waals surface area contributed by atoms with E-state index >= 15 is 0 Å². The van der Waals surface area contributed by atoms with Gasteiger partial charge in [-0.25, -0.2) is 9.07 Å². The summed E-state index contributed by atoms with van der Waals surface area (Å²) >= 11 is 1.43. The van der Waals surface area contributed by atoms with Crippen molar-refractivity contribution in [1.29, 1.82) is 5.26 Å². The van der Waals surface area contributed by atoms with Gasteiger partial charge in [0, 0.05) is 33.2 Å². The van der Waals surface area contributed by atoms with E-state index in [-0.39, 0.29) is 17.7 Å². The van der Waals surface area contributed by atoms with Crippen LogP contribution in [0.4, 0.5) is 15.8 Å². The van der Waals surface area contributed by atoms with Gasteiger partial charge in [-0.15, -0.1) is 11.8 Å². The zero-order chi connectivity index (χ0) is 27.5. The molecule has 1 unspecified atom stereocenters. The molecule has 1 aliphatic heterocycles. The van der Waals surface area contributed by atoms with Crippen molar-refractivity contribution >= 4 is 47.0 Å². The predicted molar refractivity (Wildman–Crippen MR) is 142 cm³/mol. The Hall–Kier alpha value is -5.08. The number of hydrogen-bond acceptors (Lipinski definition) is 7. The molecule has 2 amide bonds. The summed E-state index contributed by atoms with van der Waals surface area (Å²) in [6.07, 6.45) is 0.170. The van der Waals surface area contributed by atoms with Gasteiger partial charge in [-0.2, -0.15) is 10.4 Å². The van der Waals surface area contributed by atoms with Crippen LogP contribution in [0.15, 0.2) is 77.7 Å². The van der Waals surface area contributed by atoms with Gasteiger partial charge < -0.3 is 10.6 Å². The van der Waals surface area contributed by atoms with Gasteiger partial charge in [0.25, 0.3) is 5.91 Å². The standard InChI is InChI=1S/C28H18FN5O4S/c29-16-6-8-17(9-7-16)32-28(38)21(13-30)27(37)25-22-15-39-23-11-10-18(31-24(36)14-35)12-20(23)26(22)34(33-25)19-4-2-1-3-5-19/h1-12,14,21H,15H2,(H,31,36)(H,32,38). The summed E-state index contributed by atoms with van der Waals surface area (Å²) in [4.78, 5) is 49.9. The van der Waals surface area contributed by atoms with Crippen LogP contribution in [-0.4, -0.2) is 33.7 Å². The van der Waals surface area contributed by atoms with Crippen molar-refractivity contribution in [3.05, 3.63) is 89.9 Å². The lowest BCUT2D eigenvalue weighted by Gasteiger charge is -2.19. The van der Waals surface area contributed by atoms with E-state index in [1.54, 1.807) is 53.2 Å². The van der Waals surface area contributed by atoms with E-state index in [0.717, 1.165) is 17.0 Å². The van der Waals surface area contributed by atoms with Gasteiger partial charge in [0.05, 0.1) is 17.5 Å². The Labute approximate surface area is 225 Å². The Morgan fingerprint density at radius 3 is 2.44 bits per heavy atom. The third-order valence-electron chi connectivity index (χ3n) is 5.96. The summed E-state index contributed by atoms with van der Waals surface area (Å²) in [5.41, 5.74) is 2.96. The van der Waals surface area contributed by atoms with Crippen molar-refractivity contribution in [2.24, 2.45) is 5.92 Å². The van der Waals surface area contributed by atoms with E-state index < -0.39 is 29.3 Å². The molecular weight excluding hydrogens is 521 g/mol. The summed E-state index contributed by atoms with van der Waals surface area (Å²) in [5, 5.41) is 19.3. The van der Waals surface area contributed by atoms with Crippen LogP contribution in [0, 0.1) is 23.1 Å². The molecule has 9 nitrogen and oxygen atoms in total. The number of benzene rings is 3. The van der Waals surface area contributed by atoms with Crippen LogP contribution in [-0.2, 0) is 20.1 Å². The molecule has 3 aromatic carbocycles. The van der Waals surface area contributed by atoms with Gasteiger partial charge in [0.15, 0.2) is 5.92 Å². The van der Waals surface area contributed by atoms with Crippen molar-refractivity contribution < 1.29 is 23.6 Å². The highest BCUT2D eigenvalue weighted by molar-refractivity contribution is 7.98. The fourth-order valence-electron chi connectivity index (χ4n) is 4.18. The summed E-state index contributed by atoms with van der Waals surface area (Å²) < 4.78 is 14.8. The van der Waals surface area contributed by atoms with E-state index in [2.05, 4.69) is 15.7 Å². The number of carbonyl (C=O) groups is 4. The SMILES string of the molecule is N#CC(C(=O)Nc1ccc(F)cc1)C(=O)c1nn(-c2ccccc2)c2c1CSc1ccc(NC(=O)C=O)cc1-2. The normalized spacial score (nSPS) is 12.3. The monoisotopic (exact) mass is 539 g/mol. The maximum atomic E-state index is 13.6. The Morgan fingerprint density at radius 2 is 1.74 bits per heavy atom. The van der Waals surface area contributed by atoms with E-state index in [1.807, 2.05) is 6.07 Å². The number of rotatable bonds is 7. The van der Waals surface area contributed by atoms with Crippen molar-refractivity contribution in [2.45, 2.75) is 10.6 Å². The number of Topliss-reactive ketones (excluding diaryl/α,β-unsaturated/α-hetero) is 1. The Bertz CT molecular complexity index is 1660. The first-order valence-corrected chi connectivity index (χ1v) is 12.6. The molecule has 0 saturated heterocycles. The van der Waals surface area contributed by atoms with Crippen molar-refractivity contribution in [2.75, 3.05) is 10.6 Å². The predicted octanol–water partition coefficient (Wildman–Crippen LogP) is 4.38. The first kappa shape index (κ1) is 25.6. The molecule has 0 fully saturated rings. The van der Waals surface area contributed by atoms with Crippen molar-refractivity contribution in [1.82, 2.24) is 9.78 Å². The first-order valence-electron chi connectivity index (χ1n) is 11.6. The third kappa shape index (κ3) is 5.05. The number of fused-ring (bicyclic) bond motifs is 3. The van der Waals surface area contributed by atoms with E-state index in [0.29, 0.717) is 33.9 Å². The molecular formula is C28H18FN5O4S. The second-order valence-corrected chi connectivity index (χ2v) is 9.47. The van der Waals surface area contributed by atoms with E-state index in [1.165, 1.54) is 23.9 Å². The zero-order valence-electron chi connectivity index (χ0n) is 20.1. The molecule has 0 bridgehead atoms. The van der Waals surface area contributed by atoms with Crippen LogP contribution in [0.5, 0.6) is 0 Å². The molecule has 5 rings (SSSR count). The average Bonchev–Trinajstić information content (AvgIpc) is 3.35. The second kappa shape index (κ2) is 10.7. The molecule has 39 heavy (non-hydrogen) atoms. The number of carbonyl (C=O) groups excluding carboxylic acids is 4. The van der Waals surface area contributed by atoms with Crippen molar-refractivity contribution in [3.63, 3.8) is 0 Å². The van der Waals surface area contributed by atoms with Crippen LogP contribution in [0.3, 0.4) is 0 Å².